The van der Waals surface area contributed by atoms with Crippen LogP contribution >= 0.6 is 0 Å². The highest BCUT2D eigenvalue weighted by Gasteiger charge is 2.47. The number of aromatic nitrogens is 1. The number of urea groups is 1. The Balaban J connectivity index is 1.38. The summed E-state index contributed by atoms with van der Waals surface area (Å²) in [6.45, 7) is 4.45. The highest BCUT2D eigenvalue weighted by Crippen LogP contribution is 2.33. The van der Waals surface area contributed by atoms with Gasteiger partial charge in [-0.15, -0.1) is 0 Å². The smallest absolute Gasteiger partial charge is 0.320 e. The lowest BCUT2D eigenvalue weighted by molar-refractivity contribution is -0.131. The Morgan fingerprint density at radius 1 is 1.09 bits per heavy atom. The minimum absolute atomic E-state index is 0.0107. The summed E-state index contributed by atoms with van der Waals surface area (Å²) in [5.41, 5.74) is 1.11. The Hall–Kier alpha value is -2.11. The van der Waals surface area contributed by atoms with Crippen LogP contribution in [0.25, 0.3) is 0 Å². The average molecular weight is 314 g/mol. The average Bonchev–Trinajstić information content (AvgIpc) is 3.28. The number of likely N-dealkylation sites (tertiary alicyclic amines) is 3. The van der Waals surface area contributed by atoms with E-state index in [1.54, 1.807) is 12.4 Å². The van der Waals surface area contributed by atoms with E-state index in [1.807, 2.05) is 26.8 Å². The van der Waals surface area contributed by atoms with Gasteiger partial charge >= 0.3 is 6.03 Å². The molecular formula is C17H22N4O2. The van der Waals surface area contributed by atoms with Crippen molar-refractivity contribution in [3.05, 3.63) is 30.1 Å². The molecule has 3 saturated heterocycles. The minimum atomic E-state index is -0.0107. The zero-order valence-corrected chi connectivity index (χ0v) is 13.2. The first-order valence-corrected chi connectivity index (χ1v) is 8.44. The summed E-state index contributed by atoms with van der Waals surface area (Å²) in [5, 5.41) is 0. The van der Waals surface area contributed by atoms with Gasteiger partial charge in [-0.3, -0.25) is 9.78 Å². The van der Waals surface area contributed by atoms with E-state index in [2.05, 4.69) is 4.98 Å². The Morgan fingerprint density at radius 3 is 2.52 bits per heavy atom. The zero-order chi connectivity index (χ0) is 15.8. The molecule has 3 aliphatic rings. The van der Waals surface area contributed by atoms with Crippen LogP contribution in [-0.4, -0.2) is 64.3 Å². The molecule has 6 heteroatoms. The summed E-state index contributed by atoms with van der Waals surface area (Å²) < 4.78 is 0. The molecule has 23 heavy (non-hydrogen) atoms. The topological polar surface area (TPSA) is 56.8 Å². The van der Waals surface area contributed by atoms with Gasteiger partial charge in [-0.2, -0.15) is 0 Å². The molecule has 0 bridgehead atoms. The molecule has 3 fully saturated rings. The van der Waals surface area contributed by atoms with Crippen LogP contribution in [0.4, 0.5) is 4.79 Å². The Bertz CT molecular complexity index is 600. The van der Waals surface area contributed by atoms with E-state index in [-0.39, 0.29) is 23.8 Å². The van der Waals surface area contributed by atoms with Gasteiger partial charge in [0, 0.05) is 57.6 Å². The van der Waals surface area contributed by atoms with Crippen LogP contribution in [0.2, 0.25) is 0 Å². The fourth-order valence-electron chi connectivity index (χ4n) is 4.06. The molecule has 0 radical (unpaired) electrons. The monoisotopic (exact) mass is 314 g/mol. The number of nitrogens with zero attached hydrogens (tertiary/aromatic N) is 4. The molecule has 0 N–H and O–H groups in total. The molecule has 6 nitrogen and oxygen atoms in total. The van der Waals surface area contributed by atoms with Gasteiger partial charge in [-0.05, 0) is 30.5 Å². The van der Waals surface area contributed by atoms with Crippen molar-refractivity contribution in [2.24, 2.45) is 11.8 Å². The summed E-state index contributed by atoms with van der Waals surface area (Å²) in [7, 11) is 0. The first-order chi connectivity index (χ1) is 11.2. The van der Waals surface area contributed by atoms with E-state index < -0.39 is 0 Å². The largest absolute Gasteiger partial charge is 0.338 e. The van der Waals surface area contributed by atoms with Crippen molar-refractivity contribution < 1.29 is 9.59 Å². The van der Waals surface area contributed by atoms with Gasteiger partial charge in [0.1, 0.15) is 0 Å². The molecular weight excluding hydrogens is 292 g/mol. The van der Waals surface area contributed by atoms with Crippen LogP contribution in [-0.2, 0) is 11.3 Å². The third kappa shape index (κ3) is 2.66. The Morgan fingerprint density at radius 2 is 1.83 bits per heavy atom. The standard InChI is InChI=1S/C17H22N4O2/c22-16-15-12-21(17(23)19-7-1-2-8-19)11-14(15)10-20(16)9-13-3-5-18-6-4-13/h3-6,14-15H,1-2,7-12H2/t14-,15+/m0/s1. The van der Waals surface area contributed by atoms with Crippen LogP contribution in [0.3, 0.4) is 0 Å². The number of fused-ring (bicyclic) bond motifs is 1. The van der Waals surface area contributed by atoms with Gasteiger partial charge in [0.05, 0.1) is 5.92 Å². The Kier molecular flexibility index (Phi) is 3.67. The summed E-state index contributed by atoms with van der Waals surface area (Å²) >= 11 is 0. The normalized spacial score (nSPS) is 27.0. The van der Waals surface area contributed by atoms with Crippen molar-refractivity contribution in [3.63, 3.8) is 0 Å². The molecule has 1 aromatic rings. The minimum Gasteiger partial charge on any atom is -0.338 e. The van der Waals surface area contributed by atoms with E-state index in [9.17, 15) is 9.59 Å². The van der Waals surface area contributed by atoms with Gasteiger partial charge in [-0.1, -0.05) is 0 Å². The zero-order valence-electron chi connectivity index (χ0n) is 13.2. The predicted octanol–water partition coefficient (Wildman–Crippen LogP) is 1.19. The molecule has 2 atom stereocenters. The summed E-state index contributed by atoms with van der Waals surface area (Å²) in [4.78, 5) is 34.9. The molecule has 122 valence electrons. The van der Waals surface area contributed by atoms with Crippen LogP contribution in [0, 0.1) is 11.8 Å². The fraction of sp³-hybridized carbons (Fsp3) is 0.588. The lowest BCUT2D eigenvalue weighted by atomic mass is 10.0. The molecule has 0 unspecified atom stereocenters. The molecule has 0 spiro atoms. The maximum atomic E-state index is 12.6. The highest BCUT2D eigenvalue weighted by molar-refractivity contribution is 5.84. The fourth-order valence-corrected chi connectivity index (χ4v) is 4.06. The first-order valence-electron chi connectivity index (χ1n) is 8.44. The molecule has 0 saturated carbocycles. The van der Waals surface area contributed by atoms with Crippen LogP contribution < -0.4 is 0 Å². The third-order valence-corrected chi connectivity index (χ3v) is 5.29. The lowest BCUT2D eigenvalue weighted by Crippen LogP contribution is -2.42. The van der Waals surface area contributed by atoms with Gasteiger partial charge in [0.2, 0.25) is 5.91 Å². The third-order valence-electron chi connectivity index (χ3n) is 5.29. The van der Waals surface area contributed by atoms with Gasteiger partial charge in [0.15, 0.2) is 0 Å². The van der Waals surface area contributed by atoms with Crippen molar-refractivity contribution in [1.29, 1.82) is 0 Å². The van der Waals surface area contributed by atoms with Crippen molar-refractivity contribution in [1.82, 2.24) is 19.7 Å². The molecule has 3 aliphatic heterocycles. The number of carbonyl (C=O) groups is 2. The SMILES string of the molecule is O=C1[C@@H]2CN(C(=O)N3CCCC3)C[C@@H]2CN1Cc1ccncc1. The maximum Gasteiger partial charge on any atom is 0.320 e. The van der Waals surface area contributed by atoms with Gasteiger partial charge < -0.3 is 14.7 Å². The van der Waals surface area contributed by atoms with Crippen LogP contribution in [0.15, 0.2) is 24.5 Å². The van der Waals surface area contributed by atoms with E-state index >= 15 is 0 Å². The van der Waals surface area contributed by atoms with E-state index in [0.717, 1.165) is 44.6 Å². The number of amides is 3. The van der Waals surface area contributed by atoms with E-state index in [4.69, 9.17) is 0 Å². The van der Waals surface area contributed by atoms with Crippen LogP contribution in [0.5, 0.6) is 0 Å². The van der Waals surface area contributed by atoms with E-state index in [0.29, 0.717) is 13.1 Å². The second-order valence-corrected chi connectivity index (χ2v) is 6.82. The molecule has 3 amide bonds. The maximum absolute atomic E-state index is 12.6. The van der Waals surface area contributed by atoms with Gasteiger partial charge in [0.25, 0.3) is 0 Å². The number of carbonyl (C=O) groups excluding carboxylic acids is 2. The molecule has 0 aromatic carbocycles. The molecule has 1 aromatic heterocycles. The number of rotatable bonds is 2. The summed E-state index contributed by atoms with van der Waals surface area (Å²) in [6.07, 6.45) is 5.72. The quantitative estimate of drug-likeness (QED) is 0.824. The van der Waals surface area contributed by atoms with E-state index in [1.165, 1.54) is 0 Å². The lowest BCUT2D eigenvalue weighted by Gasteiger charge is -2.26. The van der Waals surface area contributed by atoms with Gasteiger partial charge in [-0.25, -0.2) is 4.79 Å². The van der Waals surface area contributed by atoms with Crippen molar-refractivity contribution in [3.8, 4) is 0 Å². The second kappa shape index (κ2) is 5.83. The molecule has 4 rings (SSSR count). The van der Waals surface area contributed by atoms with Crippen LogP contribution in [0.1, 0.15) is 18.4 Å². The van der Waals surface area contributed by atoms with Crippen molar-refractivity contribution >= 4 is 11.9 Å². The Labute approximate surface area is 136 Å². The number of hydrogen-bond donors (Lipinski definition) is 0. The molecule has 0 aliphatic carbocycles. The summed E-state index contributed by atoms with van der Waals surface area (Å²) in [5.74, 6) is 0.475. The number of hydrogen-bond acceptors (Lipinski definition) is 3. The van der Waals surface area contributed by atoms with Crippen molar-refractivity contribution in [2.45, 2.75) is 19.4 Å². The first kappa shape index (κ1) is 14.5. The summed E-state index contributed by atoms with van der Waals surface area (Å²) in [6, 6.07) is 4.03. The highest BCUT2D eigenvalue weighted by atomic mass is 16.2. The van der Waals surface area contributed by atoms with Crippen molar-refractivity contribution in [2.75, 3.05) is 32.7 Å². The molecule has 4 heterocycles. The number of pyridine rings is 1. The predicted molar refractivity (Wildman–Crippen MR) is 84.4 cm³/mol. The second-order valence-electron chi connectivity index (χ2n) is 6.82.